The Balaban J connectivity index is 2.16. The van der Waals surface area contributed by atoms with Gasteiger partial charge in [0.1, 0.15) is 11.6 Å². The number of nitrogens with zero attached hydrogens (tertiary/aromatic N) is 2. The Kier molecular flexibility index (Phi) is 7.13. The molecule has 2 N–H and O–H groups in total. The summed E-state index contributed by atoms with van der Waals surface area (Å²) in [5, 5.41) is 5.37. The van der Waals surface area contributed by atoms with Gasteiger partial charge in [-0.3, -0.25) is 5.32 Å². The molecule has 0 spiro atoms. The molecule has 0 atom stereocenters. The van der Waals surface area contributed by atoms with E-state index < -0.39 is 26.0 Å². The number of rotatable bonds is 7. The molecular formula is C17H23ClN4O4S2. The van der Waals surface area contributed by atoms with Crippen molar-refractivity contribution in [1.29, 1.82) is 0 Å². The summed E-state index contributed by atoms with van der Waals surface area (Å²) in [6.07, 6.45) is 8.05. The van der Waals surface area contributed by atoms with Crippen LogP contribution in [-0.2, 0) is 14.6 Å². The summed E-state index contributed by atoms with van der Waals surface area (Å²) in [6, 6.07) is 6.84. The molecule has 1 amide bonds. The van der Waals surface area contributed by atoms with Crippen LogP contribution in [0, 0.1) is 0 Å². The molecule has 154 valence electrons. The number of hydrogen-bond donors (Lipinski definition) is 2. The van der Waals surface area contributed by atoms with E-state index in [4.69, 9.17) is 16.3 Å². The molecule has 0 bridgehead atoms. The monoisotopic (exact) mass is 446 g/mol. The lowest BCUT2D eigenvalue weighted by atomic mass is 10.2. The molecule has 28 heavy (non-hydrogen) atoms. The minimum atomic E-state index is -3.59. The number of halogens is 1. The first kappa shape index (κ1) is 22.3. The smallest absolute Gasteiger partial charge is 0.411 e. The van der Waals surface area contributed by atoms with Gasteiger partial charge in [0.05, 0.1) is 17.6 Å². The SMILES string of the molecule is CS(C)(C)CCOC(=O)Nc1ccccc1Nc1nc(S(C)(=O)=O)ncc1Cl. The number of para-hydroxylation sites is 2. The second kappa shape index (κ2) is 8.97. The van der Waals surface area contributed by atoms with Crippen LogP contribution in [-0.4, -0.2) is 61.9 Å². The molecule has 8 nitrogen and oxygen atoms in total. The number of anilines is 3. The van der Waals surface area contributed by atoms with Gasteiger partial charge in [-0.1, -0.05) is 23.7 Å². The highest BCUT2D eigenvalue weighted by Gasteiger charge is 2.16. The molecule has 0 saturated carbocycles. The molecule has 1 aromatic carbocycles. The quantitative estimate of drug-likeness (QED) is 0.626. The second-order valence-corrected chi connectivity index (χ2v) is 13.8. The number of carbonyl (C=O) groups excluding carboxylic acids is 1. The molecular weight excluding hydrogens is 424 g/mol. The highest BCUT2D eigenvalue weighted by atomic mass is 35.5. The fourth-order valence-corrected chi connectivity index (χ4v) is 3.20. The lowest BCUT2D eigenvalue weighted by Gasteiger charge is -2.24. The van der Waals surface area contributed by atoms with Gasteiger partial charge in [0, 0.05) is 12.0 Å². The minimum Gasteiger partial charge on any atom is -0.448 e. The number of carbonyl (C=O) groups is 1. The molecule has 1 aromatic heterocycles. The van der Waals surface area contributed by atoms with Crippen LogP contribution in [0.25, 0.3) is 0 Å². The third-order valence-corrected chi connectivity index (χ3v) is 5.93. The summed E-state index contributed by atoms with van der Waals surface area (Å²) in [5.74, 6) is 0.918. The van der Waals surface area contributed by atoms with Gasteiger partial charge in [-0.25, -0.2) is 28.2 Å². The second-order valence-electron chi connectivity index (χ2n) is 6.85. The van der Waals surface area contributed by atoms with E-state index >= 15 is 0 Å². The molecule has 2 aromatic rings. The Morgan fingerprint density at radius 1 is 1.14 bits per heavy atom. The third-order valence-electron chi connectivity index (χ3n) is 3.40. The first-order valence-electron chi connectivity index (χ1n) is 8.14. The van der Waals surface area contributed by atoms with E-state index in [2.05, 4.69) is 39.4 Å². The number of ether oxygens (including phenoxy) is 1. The van der Waals surface area contributed by atoms with Crippen LogP contribution in [0.5, 0.6) is 0 Å². The number of sulfone groups is 1. The number of nitrogens with one attached hydrogen (secondary N) is 2. The average molecular weight is 447 g/mol. The van der Waals surface area contributed by atoms with Crippen molar-refractivity contribution in [3.8, 4) is 0 Å². The van der Waals surface area contributed by atoms with E-state index in [0.717, 1.165) is 12.0 Å². The van der Waals surface area contributed by atoms with Crippen LogP contribution in [0.2, 0.25) is 5.02 Å². The fourth-order valence-electron chi connectivity index (χ4n) is 1.98. The van der Waals surface area contributed by atoms with E-state index in [-0.39, 0.29) is 16.0 Å². The first-order valence-corrected chi connectivity index (χ1v) is 13.4. The minimum absolute atomic E-state index is 0.107. The lowest BCUT2D eigenvalue weighted by molar-refractivity contribution is 0.169. The van der Waals surface area contributed by atoms with E-state index in [0.29, 0.717) is 18.0 Å². The number of amides is 1. The van der Waals surface area contributed by atoms with Crippen molar-refractivity contribution in [3.05, 3.63) is 35.5 Å². The zero-order chi connectivity index (χ0) is 20.9. The van der Waals surface area contributed by atoms with E-state index in [1.165, 1.54) is 6.20 Å². The van der Waals surface area contributed by atoms with Gasteiger partial charge in [-0.05, 0) is 30.9 Å². The summed E-state index contributed by atoms with van der Waals surface area (Å²) in [5.41, 5.74) is 0.909. The summed E-state index contributed by atoms with van der Waals surface area (Å²) < 4.78 is 28.6. The predicted molar refractivity (Wildman–Crippen MR) is 115 cm³/mol. The predicted octanol–water partition coefficient (Wildman–Crippen LogP) is 3.52. The van der Waals surface area contributed by atoms with Crippen molar-refractivity contribution in [3.63, 3.8) is 0 Å². The van der Waals surface area contributed by atoms with Gasteiger partial charge in [-0.15, -0.1) is 0 Å². The maximum absolute atomic E-state index is 12.1. The lowest BCUT2D eigenvalue weighted by Crippen LogP contribution is -2.18. The highest BCUT2D eigenvalue weighted by molar-refractivity contribution is 8.32. The Morgan fingerprint density at radius 2 is 1.79 bits per heavy atom. The molecule has 0 saturated heterocycles. The first-order chi connectivity index (χ1) is 13.0. The molecule has 11 heteroatoms. The maximum atomic E-state index is 12.1. The Bertz CT molecular complexity index is 962. The van der Waals surface area contributed by atoms with Crippen molar-refractivity contribution in [2.24, 2.45) is 0 Å². The molecule has 0 unspecified atom stereocenters. The molecule has 2 rings (SSSR count). The summed E-state index contributed by atoms with van der Waals surface area (Å²) >= 11 is 6.07. The van der Waals surface area contributed by atoms with Crippen LogP contribution in [0.3, 0.4) is 0 Å². The molecule has 1 heterocycles. The van der Waals surface area contributed by atoms with E-state index in [1.54, 1.807) is 24.3 Å². The largest absolute Gasteiger partial charge is 0.448 e. The number of hydrogen-bond acceptors (Lipinski definition) is 7. The van der Waals surface area contributed by atoms with Gasteiger partial charge in [0.25, 0.3) is 0 Å². The number of aromatic nitrogens is 2. The van der Waals surface area contributed by atoms with Gasteiger partial charge >= 0.3 is 6.09 Å². The maximum Gasteiger partial charge on any atom is 0.411 e. The van der Waals surface area contributed by atoms with Crippen LogP contribution in [0.4, 0.5) is 22.0 Å². The standard InChI is InChI=1S/C17H23ClN4O4S2/c1-27(2,3)10-9-26-17(23)21-14-8-6-5-7-13(14)20-15-12(18)11-19-16(22-15)28(4,24)25/h5-8,11H,9-10H2,1-4H3,(H,21,23)(H,19,20,22). The highest BCUT2D eigenvalue weighted by Crippen LogP contribution is 2.33. The van der Waals surface area contributed by atoms with Gasteiger partial charge in [0.15, 0.2) is 5.82 Å². The van der Waals surface area contributed by atoms with Crippen LogP contribution < -0.4 is 10.6 Å². The average Bonchev–Trinajstić information content (AvgIpc) is 2.56. The summed E-state index contributed by atoms with van der Waals surface area (Å²) in [4.78, 5) is 19.7. The molecule has 0 aliphatic rings. The van der Waals surface area contributed by atoms with Crippen molar-refractivity contribution in [1.82, 2.24) is 9.97 Å². The van der Waals surface area contributed by atoms with Crippen LogP contribution in [0.1, 0.15) is 0 Å². The van der Waals surface area contributed by atoms with Crippen molar-refractivity contribution in [2.75, 3.05) is 48.0 Å². The fraction of sp³-hybridized carbons (Fsp3) is 0.353. The van der Waals surface area contributed by atoms with Crippen molar-refractivity contribution in [2.45, 2.75) is 5.16 Å². The van der Waals surface area contributed by atoms with Gasteiger partial charge in [-0.2, -0.15) is 4.98 Å². The third kappa shape index (κ3) is 6.84. The Hall–Kier alpha value is -2.04. The van der Waals surface area contributed by atoms with Crippen molar-refractivity contribution >= 4 is 54.8 Å². The molecule has 0 radical (unpaired) electrons. The molecule has 0 fully saturated rings. The zero-order valence-electron chi connectivity index (χ0n) is 16.0. The van der Waals surface area contributed by atoms with Gasteiger partial charge in [0.2, 0.25) is 15.0 Å². The Labute approximate surface area is 171 Å². The Morgan fingerprint density at radius 3 is 2.39 bits per heavy atom. The van der Waals surface area contributed by atoms with Crippen LogP contribution >= 0.6 is 21.6 Å². The van der Waals surface area contributed by atoms with E-state index in [9.17, 15) is 13.2 Å². The molecule has 0 aliphatic heterocycles. The molecule has 0 aliphatic carbocycles. The van der Waals surface area contributed by atoms with Crippen LogP contribution in [0.15, 0.2) is 35.6 Å². The van der Waals surface area contributed by atoms with Gasteiger partial charge < -0.3 is 10.1 Å². The summed E-state index contributed by atoms with van der Waals surface area (Å²) in [7, 11) is -4.35. The topological polar surface area (TPSA) is 110 Å². The normalized spacial score (nSPS) is 12.3. The van der Waals surface area contributed by atoms with E-state index in [1.807, 2.05) is 0 Å². The van der Waals surface area contributed by atoms with Crippen molar-refractivity contribution < 1.29 is 17.9 Å². The summed E-state index contributed by atoms with van der Waals surface area (Å²) in [6.45, 7) is 0.329. The number of benzene rings is 1. The zero-order valence-corrected chi connectivity index (χ0v) is 18.4.